The van der Waals surface area contributed by atoms with Gasteiger partial charge in [-0.05, 0) is 71.1 Å². The van der Waals surface area contributed by atoms with E-state index in [1.54, 1.807) is 36.4 Å². The fraction of sp³-hybridized carbons (Fsp3) is 0.154. The molecule has 5 aromatic carbocycles. The molecule has 0 spiro atoms. The summed E-state index contributed by atoms with van der Waals surface area (Å²) in [7, 11) is -4.78. The average molecular weight is 673 g/mol. The summed E-state index contributed by atoms with van der Waals surface area (Å²) in [5.74, 6) is -1.55. The van der Waals surface area contributed by atoms with Crippen LogP contribution in [0.5, 0.6) is 17.2 Å². The molecule has 0 heterocycles. The van der Waals surface area contributed by atoms with E-state index in [9.17, 15) is 33.8 Å². The summed E-state index contributed by atoms with van der Waals surface area (Å²) in [6.45, 7) is 6.15. The first kappa shape index (κ1) is 33.1. The highest BCUT2D eigenvalue weighted by molar-refractivity contribution is 7.89. The molecule has 49 heavy (non-hydrogen) atoms. The molecule has 0 amide bonds. The number of aromatic hydroxyl groups is 2. The van der Waals surface area contributed by atoms with Crippen LogP contribution in [0.25, 0.3) is 5.53 Å². The SMILES string of the molecule is CC(C)(c1ccc(OS(=O)(=O)C2C(=O)c3ccccc3C(=O)C2=[N+]=[N-])cc1)c1ccc(C(C)(c2ccc(O)cc2)c2ccc(O)cc2)cc1. The third kappa shape index (κ3) is 5.82. The van der Waals surface area contributed by atoms with E-state index in [4.69, 9.17) is 4.18 Å². The number of phenols is 2. The zero-order valence-electron chi connectivity index (χ0n) is 26.9. The van der Waals surface area contributed by atoms with E-state index < -0.39 is 43.5 Å². The van der Waals surface area contributed by atoms with Crippen LogP contribution >= 0.6 is 0 Å². The standard InChI is InChI=1S/C39H32N2O7S/c1-38(2,24-8-10-26(11-9-24)39(3,27-12-18-29(42)19-13-27)28-14-20-30(43)21-15-28)25-16-22-31(23-17-25)48-49(46,47)37-34(41-40)35(44)32-6-4-5-7-33(32)36(37)45/h4-23,37,42-43H,1-3H3. The molecule has 1 atom stereocenters. The Morgan fingerprint density at radius 3 is 1.51 bits per heavy atom. The number of ketones is 2. The van der Waals surface area contributed by atoms with Gasteiger partial charge in [-0.1, -0.05) is 98.8 Å². The summed E-state index contributed by atoms with van der Waals surface area (Å²) in [5, 5.41) is 17.7. The Bertz CT molecular complexity index is 2190. The van der Waals surface area contributed by atoms with Crippen molar-refractivity contribution >= 4 is 27.4 Å². The summed E-state index contributed by atoms with van der Waals surface area (Å²) in [6.07, 6.45) is 0. The van der Waals surface area contributed by atoms with Crippen molar-refractivity contribution in [1.82, 2.24) is 0 Å². The molecule has 246 valence electrons. The number of hydrogen-bond donors (Lipinski definition) is 2. The number of hydrogen-bond acceptors (Lipinski definition) is 7. The molecule has 5 aromatic rings. The molecule has 6 rings (SSSR count). The van der Waals surface area contributed by atoms with Crippen LogP contribution in [0.2, 0.25) is 0 Å². The maximum absolute atomic E-state index is 13.3. The minimum atomic E-state index is -4.78. The molecule has 1 aliphatic carbocycles. The molecule has 10 heteroatoms. The van der Waals surface area contributed by atoms with E-state index in [1.165, 1.54) is 36.4 Å². The van der Waals surface area contributed by atoms with Gasteiger partial charge in [0.2, 0.25) is 0 Å². The molecule has 0 saturated heterocycles. The highest BCUT2D eigenvalue weighted by Crippen LogP contribution is 2.41. The molecule has 0 fully saturated rings. The molecule has 2 N–H and O–H groups in total. The lowest BCUT2D eigenvalue weighted by atomic mass is 9.70. The monoisotopic (exact) mass is 672 g/mol. The normalized spacial score (nSPS) is 15.0. The van der Waals surface area contributed by atoms with Crippen molar-refractivity contribution in [2.75, 3.05) is 0 Å². The van der Waals surface area contributed by atoms with Crippen molar-refractivity contribution in [3.05, 3.63) is 166 Å². The van der Waals surface area contributed by atoms with Gasteiger partial charge in [-0.15, -0.1) is 0 Å². The predicted octanol–water partition coefficient (Wildman–Crippen LogP) is 6.61. The first-order chi connectivity index (χ1) is 23.3. The van der Waals surface area contributed by atoms with Crippen LogP contribution in [0.1, 0.15) is 69.3 Å². The number of rotatable bonds is 8. The highest BCUT2D eigenvalue weighted by atomic mass is 32.2. The van der Waals surface area contributed by atoms with E-state index >= 15 is 0 Å². The maximum Gasteiger partial charge on any atom is 0.368 e. The van der Waals surface area contributed by atoms with Crippen molar-refractivity contribution in [2.24, 2.45) is 0 Å². The summed E-state index contributed by atoms with van der Waals surface area (Å²) in [5.41, 5.74) is 12.1. The first-order valence-electron chi connectivity index (χ1n) is 15.4. The van der Waals surface area contributed by atoms with Crippen LogP contribution in [0.15, 0.2) is 121 Å². The Balaban J connectivity index is 1.27. The predicted molar refractivity (Wildman–Crippen MR) is 184 cm³/mol. The van der Waals surface area contributed by atoms with E-state index in [1.807, 2.05) is 62.4 Å². The van der Waals surface area contributed by atoms with Gasteiger partial charge in [0.15, 0.2) is 5.78 Å². The van der Waals surface area contributed by atoms with Crippen LogP contribution in [-0.2, 0) is 20.9 Å². The fourth-order valence-electron chi connectivity index (χ4n) is 6.37. The van der Waals surface area contributed by atoms with Crippen LogP contribution in [0.4, 0.5) is 0 Å². The van der Waals surface area contributed by atoms with Crippen molar-refractivity contribution < 1.29 is 37.2 Å². The average Bonchev–Trinajstić information content (AvgIpc) is 3.10. The second-order valence-electron chi connectivity index (χ2n) is 12.6. The smallest absolute Gasteiger partial charge is 0.368 e. The maximum atomic E-state index is 13.3. The number of benzene rings is 5. The van der Waals surface area contributed by atoms with Gasteiger partial charge in [0.1, 0.15) is 17.2 Å². The summed E-state index contributed by atoms with van der Waals surface area (Å²) in [6, 6.07) is 34.4. The van der Waals surface area contributed by atoms with Crippen LogP contribution in [-0.4, -0.2) is 45.9 Å². The Morgan fingerprint density at radius 2 is 1.04 bits per heavy atom. The van der Waals surface area contributed by atoms with Crippen molar-refractivity contribution in [3.8, 4) is 17.2 Å². The molecule has 9 nitrogen and oxygen atoms in total. The molecular formula is C39H32N2O7S. The third-order valence-corrected chi connectivity index (χ3v) is 10.9. The number of carbonyl (C=O) groups excluding carboxylic acids is 2. The summed E-state index contributed by atoms with van der Waals surface area (Å²) >= 11 is 0. The van der Waals surface area contributed by atoms with E-state index in [0.29, 0.717) is 0 Å². The lowest BCUT2D eigenvalue weighted by Crippen LogP contribution is -2.48. The molecule has 0 bridgehead atoms. The molecular weight excluding hydrogens is 641 g/mol. The van der Waals surface area contributed by atoms with Crippen LogP contribution in [0, 0.1) is 0 Å². The zero-order valence-corrected chi connectivity index (χ0v) is 27.7. The van der Waals surface area contributed by atoms with Gasteiger partial charge in [-0.3, -0.25) is 9.59 Å². The Hall–Kier alpha value is -5.83. The fourth-order valence-corrected chi connectivity index (χ4v) is 7.66. The van der Waals surface area contributed by atoms with Gasteiger partial charge in [0, 0.05) is 22.0 Å². The lowest BCUT2D eigenvalue weighted by molar-refractivity contribution is -0.00871. The largest absolute Gasteiger partial charge is 0.508 e. The molecule has 1 unspecified atom stereocenters. The number of carbonyl (C=O) groups is 2. The summed E-state index contributed by atoms with van der Waals surface area (Å²) in [4.78, 5) is 28.9. The third-order valence-electron chi connectivity index (χ3n) is 9.41. The second-order valence-corrected chi connectivity index (χ2v) is 14.2. The van der Waals surface area contributed by atoms with Crippen molar-refractivity contribution in [2.45, 2.75) is 36.9 Å². The van der Waals surface area contributed by atoms with Crippen molar-refractivity contribution in [1.29, 1.82) is 0 Å². The van der Waals surface area contributed by atoms with Gasteiger partial charge in [-0.25, -0.2) is 0 Å². The summed E-state index contributed by atoms with van der Waals surface area (Å²) < 4.78 is 32.0. The second kappa shape index (κ2) is 12.3. The van der Waals surface area contributed by atoms with E-state index in [2.05, 4.69) is 11.7 Å². The molecule has 0 aliphatic heterocycles. The van der Waals surface area contributed by atoms with Gasteiger partial charge >= 0.3 is 15.8 Å². The van der Waals surface area contributed by atoms with Gasteiger partial charge in [0.25, 0.3) is 11.0 Å². The first-order valence-corrected chi connectivity index (χ1v) is 16.9. The van der Waals surface area contributed by atoms with E-state index in [0.717, 1.165) is 27.8 Å². The molecule has 0 aromatic heterocycles. The number of fused-ring (bicyclic) bond motifs is 1. The molecule has 0 saturated carbocycles. The van der Waals surface area contributed by atoms with E-state index in [-0.39, 0.29) is 28.4 Å². The minimum absolute atomic E-state index is 0.0447. The quantitative estimate of drug-likeness (QED) is 0.0814. The highest BCUT2D eigenvalue weighted by Gasteiger charge is 2.53. The number of Topliss-reactive ketones (excluding diaryl/α,β-unsaturated/α-hetero) is 2. The lowest BCUT2D eigenvalue weighted by Gasteiger charge is -2.33. The Labute approximate surface area is 283 Å². The molecule has 1 aliphatic rings. The van der Waals surface area contributed by atoms with Gasteiger partial charge in [-0.2, -0.15) is 13.2 Å². The van der Waals surface area contributed by atoms with Crippen LogP contribution in [0.3, 0.4) is 0 Å². The number of nitrogens with zero attached hydrogens (tertiary/aromatic N) is 2. The topological polar surface area (TPSA) is 154 Å². The van der Waals surface area contributed by atoms with Gasteiger partial charge < -0.3 is 19.9 Å². The van der Waals surface area contributed by atoms with Gasteiger partial charge in [0.05, 0.1) is 0 Å². The minimum Gasteiger partial charge on any atom is -0.508 e. The Morgan fingerprint density at radius 1 is 0.633 bits per heavy atom. The van der Waals surface area contributed by atoms with Crippen LogP contribution < -0.4 is 4.18 Å². The van der Waals surface area contributed by atoms with Crippen molar-refractivity contribution in [3.63, 3.8) is 0 Å². The Kier molecular flexibility index (Phi) is 8.32. The molecule has 0 radical (unpaired) electrons. The zero-order chi connectivity index (χ0) is 35.1. The number of phenolic OH excluding ortho intramolecular Hbond substituents is 2.